The van der Waals surface area contributed by atoms with Gasteiger partial charge in [-0.15, -0.1) is 0 Å². The maximum atomic E-state index is 12.5. The average molecular weight is 371 g/mol. The van der Waals surface area contributed by atoms with Crippen molar-refractivity contribution in [3.63, 3.8) is 0 Å². The molecule has 3 aromatic rings. The van der Waals surface area contributed by atoms with E-state index in [1.54, 1.807) is 18.2 Å². The van der Waals surface area contributed by atoms with Gasteiger partial charge in [0.05, 0.1) is 19.8 Å². The van der Waals surface area contributed by atoms with Crippen molar-refractivity contribution < 1.29 is 14.3 Å². The number of aryl methyl sites for hydroxylation is 1. The zero-order chi connectivity index (χ0) is 18.1. The zero-order valence-corrected chi connectivity index (χ0v) is 15.2. The lowest BCUT2D eigenvalue weighted by Crippen LogP contribution is -2.23. The minimum absolute atomic E-state index is 0.149. The molecule has 4 rings (SSSR count). The Morgan fingerprint density at radius 3 is 2.77 bits per heavy atom. The molecule has 0 saturated carbocycles. The van der Waals surface area contributed by atoms with Crippen molar-refractivity contribution in [3.8, 4) is 11.5 Å². The minimum Gasteiger partial charge on any atom is -0.490 e. The third kappa shape index (κ3) is 3.22. The van der Waals surface area contributed by atoms with Crippen molar-refractivity contribution in [2.24, 2.45) is 7.05 Å². The van der Waals surface area contributed by atoms with E-state index in [1.165, 1.54) is 0 Å². The second-order valence-electron chi connectivity index (χ2n) is 6.29. The Hall–Kier alpha value is -2.66. The molecule has 26 heavy (non-hydrogen) atoms. The quantitative estimate of drug-likeness (QED) is 0.760. The first-order chi connectivity index (χ1) is 12.6. The van der Waals surface area contributed by atoms with Crippen molar-refractivity contribution in [2.45, 2.75) is 13.0 Å². The summed E-state index contributed by atoms with van der Waals surface area (Å²) >= 11 is 6.06. The van der Waals surface area contributed by atoms with Gasteiger partial charge in [-0.3, -0.25) is 4.79 Å². The fraction of sp³-hybridized carbons (Fsp3) is 0.250. The summed E-state index contributed by atoms with van der Waals surface area (Å²) in [6.45, 7) is 1.65. The standard InChI is InChI=1S/C20H19ClN2O3/c1-23-16(10-14-9-15(21)4-5-17(14)23)12-22-20(24)13-3-6-18-19(11-13)26-8-2-7-25-18/h3-6,9-11H,2,7-8,12H2,1H3,(H,22,24). The monoisotopic (exact) mass is 370 g/mol. The molecule has 0 fully saturated rings. The van der Waals surface area contributed by atoms with Crippen molar-refractivity contribution >= 4 is 28.4 Å². The van der Waals surface area contributed by atoms with E-state index < -0.39 is 0 Å². The molecule has 0 bridgehead atoms. The van der Waals surface area contributed by atoms with E-state index in [-0.39, 0.29) is 5.91 Å². The van der Waals surface area contributed by atoms with Gasteiger partial charge < -0.3 is 19.4 Å². The van der Waals surface area contributed by atoms with Crippen LogP contribution in [0.25, 0.3) is 10.9 Å². The van der Waals surface area contributed by atoms with Crippen LogP contribution in [0.3, 0.4) is 0 Å². The molecule has 2 aromatic carbocycles. The van der Waals surface area contributed by atoms with Gasteiger partial charge in [0.2, 0.25) is 0 Å². The molecule has 1 aliphatic heterocycles. The van der Waals surface area contributed by atoms with Crippen LogP contribution in [-0.4, -0.2) is 23.7 Å². The maximum Gasteiger partial charge on any atom is 0.251 e. The first kappa shape index (κ1) is 16.8. The largest absolute Gasteiger partial charge is 0.490 e. The van der Waals surface area contributed by atoms with Crippen LogP contribution >= 0.6 is 11.6 Å². The number of fused-ring (bicyclic) bond motifs is 2. The number of rotatable bonds is 3. The van der Waals surface area contributed by atoms with E-state index in [1.807, 2.05) is 31.3 Å². The highest BCUT2D eigenvalue weighted by molar-refractivity contribution is 6.31. The number of hydrogen-bond acceptors (Lipinski definition) is 3. The number of ether oxygens (including phenoxy) is 2. The number of hydrogen-bond donors (Lipinski definition) is 1. The van der Waals surface area contributed by atoms with Gasteiger partial charge in [0, 0.05) is 40.7 Å². The van der Waals surface area contributed by atoms with Gasteiger partial charge in [0.25, 0.3) is 5.91 Å². The van der Waals surface area contributed by atoms with E-state index >= 15 is 0 Å². The van der Waals surface area contributed by atoms with Gasteiger partial charge in [-0.2, -0.15) is 0 Å². The maximum absolute atomic E-state index is 12.5. The molecule has 0 saturated heterocycles. The average Bonchev–Trinajstić information content (AvgIpc) is 2.81. The van der Waals surface area contributed by atoms with Crippen LogP contribution in [-0.2, 0) is 13.6 Å². The van der Waals surface area contributed by atoms with E-state index in [0.717, 1.165) is 23.0 Å². The highest BCUT2D eigenvalue weighted by atomic mass is 35.5. The Morgan fingerprint density at radius 1 is 1.12 bits per heavy atom. The topological polar surface area (TPSA) is 52.5 Å². The Kier molecular flexibility index (Phi) is 4.47. The molecule has 1 N–H and O–H groups in total. The lowest BCUT2D eigenvalue weighted by atomic mass is 10.2. The van der Waals surface area contributed by atoms with E-state index in [4.69, 9.17) is 21.1 Å². The molecule has 0 aliphatic carbocycles. The molecule has 0 atom stereocenters. The van der Waals surface area contributed by atoms with E-state index in [0.29, 0.717) is 41.8 Å². The molecule has 5 nitrogen and oxygen atoms in total. The fourth-order valence-corrected chi connectivity index (χ4v) is 3.31. The summed E-state index contributed by atoms with van der Waals surface area (Å²) in [5.41, 5.74) is 2.63. The molecule has 1 amide bonds. The van der Waals surface area contributed by atoms with Crippen LogP contribution in [0.5, 0.6) is 11.5 Å². The predicted octanol–water partition coefficient (Wildman–Crippen LogP) is 3.92. The van der Waals surface area contributed by atoms with E-state index in [9.17, 15) is 4.79 Å². The third-order valence-corrected chi connectivity index (χ3v) is 4.78. The molecule has 2 heterocycles. The first-order valence-corrected chi connectivity index (χ1v) is 8.91. The molecular weight excluding hydrogens is 352 g/mol. The van der Waals surface area contributed by atoms with Crippen molar-refractivity contribution in [1.82, 2.24) is 9.88 Å². The number of nitrogens with one attached hydrogen (secondary N) is 1. The van der Waals surface area contributed by atoms with Crippen LogP contribution < -0.4 is 14.8 Å². The van der Waals surface area contributed by atoms with Crippen LogP contribution in [0.1, 0.15) is 22.5 Å². The van der Waals surface area contributed by atoms with Gasteiger partial charge in [-0.25, -0.2) is 0 Å². The molecular formula is C20H19ClN2O3. The normalized spacial score (nSPS) is 13.5. The predicted molar refractivity (Wildman–Crippen MR) is 101 cm³/mol. The van der Waals surface area contributed by atoms with Gasteiger partial charge in [0.1, 0.15) is 0 Å². The lowest BCUT2D eigenvalue weighted by molar-refractivity contribution is 0.0949. The number of aromatic nitrogens is 1. The van der Waals surface area contributed by atoms with Gasteiger partial charge >= 0.3 is 0 Å². The van der Waals surface area contributed by atoms with E-state index in [2.05, 4.69) is 9.88 Å². The second-order valence-corrected chi connectivity index (χ2v) is 6.73. The number of amides is 1. The minimum atomic E-state index is -0.149. The number of carbonyl (C=O) groups excluding carboxylic acids is 1. The van der Waals surface area contributed by atoms with Gasteiger partial charge in [0.15, 0.2) is 11.5 Å². The molecule has 0 unspecified atom stereocenters. The molecule has 1 aromatic heterocycles. The summed E-state index contributed by atoms with van der Waals surface area (Å²) in [4.78, 5) is 12.5. The highest BCUT2D eigenvalue weighted by Crippen LogP contribution is 2.30. The Bertz CT molecular complexity index is 981. The van der Waals surface area contributed by atoms with Crippen molar-refractivity contribution in [3.05, 3.63) is 58.7 Å². The summed E-state index contributed by atoms with van der Waals surface area (Å²) in [6.07, 6.45) is 0.835. The summed E-state index contributed by atoms with van der Waals surface area (Å²) in [7, 11) is 1.98. The van der Waals surface area contributed by atoms with Crippen molar-refractivity contribution in [2.75, 3.05) is 13.2 Å². The number of halogens is 1. The Balaban J connectivity index is 1.50. The SMILES string of the molecule is Cn1c(CNC(=O)c2ccc3c(c2)OCCCO3)cc2cc(Cl)ccc21. The molecule has 6 heteroatoms. The van der Waals surface area contributed by atoms with Gasteiger partial charge in [-0.05, 0) is 42.5 Å². The number of nitrogens with zero attached hydrogens (tertiary/aromatic N) is 1. The Labute approximate surface area is 156 Å². The van der Waals surface area contributed by atoms with Crippen molar-refractivity contribution in [1.29, 1.82) is 0 Å². The summed E-state index contributed by atoms with van der Waals surface area (Å²) in [5.74, 6) is 1.16. The van der Waals surface area contributed by atoms with Crippen LogP contribution in [0.2, 0.25) is 5.02 Å². The smallest absolute Gasteiger partial charge is 0.251 e. The lowest BCUT2D eigenvalue weighted by Gasteiger charge is -2.10. The summed E-state index contributed by atoms with van der Waals surface area (Å²) < 4.78 is 13.3. The van der Waals surface area contributed by atoms with Gasteiger partial charge in [-0.1, -0.05) is 11.6 Å². The fourth-order valence-electron chi connectivity index (χ4n) is 3.12. The van der Waals surface area contributed by atoms with Crippen LogP contribution in [0.4, 0.5) is 0 Å². The zero-order valence-electron chi connectivity index (χ0n) is 14.4. The van der Waals surface area contributed by atoms with Crippen LogP contribution in [0.15, 0.2) is 42.5 Å². The summed E-state index contributed by atoms with van der Waals surface area (Å²) in [6, 6.07) is 13.1. The Morgan fingerprint density at radius 2 is 1.92 bits per heavy atom. The molecule has 1 aliphatic rings. The number of carbonyl (C=O) groups is 1. The second kappa shape index (κ2) is 6.92. The highest BCUT2D eigenvalue weighted by Gasteiger charge is 2.15. The first-order valence-electron chi connectivity index (χ1n) is 8.53. The summed E-state index contributed by atoms with van der Waals surface area (Å²) in [5, 5.41) is 4.72. The molecule has 134 valence electrons. The third-order valence-electron chi connectivity index (χ3n) is 4.54. The van der Waals surface area contributed by atoms with Crippen LogP contribution in [0, 0.1) is 0 Å². The molecule has 0 spiro atoms. The number of benzene rings is 2. The molecule has 0 radical (unpaired) electrons.